The monoisotopic (exact) mass is 303 g/mol. The van der Waals surface area contributed by atoms with Crippen molar-refractivity contribution in [2.24, 2.45) is 7.05 Å². The van der Waals surface area contributed by atoms with Crippen molar-refractivity contribution >= 4 is 0 Å². The van der Waals surface area contributed by atoms with Crippen LogP contribution >= 0.6 is 0 Å². The van der Waals surface area contributed by atoms with Crippen LogP contribution < -0.4 is 5.32 Å². The number of nitrogens with one attached hydrogen (secondary N) is 1. The van der Waals surface area contributed by atoms with Gasteiger partial charge in [0.1, 0.15) is 11.4 Å². The average Bonchev–Trinajstić information content (AvgIpc) is 2.92. The van der Waals surface area contributed by atoms with E-state index in [1.807, 2.05) is 19.3 Å². The summed E-state index contributed by atoms with van der Waals surface area (Å²) in [7, 11) is 1.83. The summed E-state index contributed by atoms with van der Waals surface area (Å²) in [5.74, 6) is -0.179. The number of aromatic nitrogens is 2. The van der Waals surface area contributed by atoms with Crippen molar-refractivity contribution in [3.05, 3.63) is 53.1 Å². The van der Waals surface area contributed by atoms with Gasteiger partial charge in [-0.15, -0.1) is 0 Å². The Bertz CT molecular complexity index is 666. The van der Waals surface area contributed by atoms with Gasteiger partial charge in [0, 0.05) is 31.4 Å². The molecular weight excluding hydrogens is 281 g/mol. The maximum Gasteiger partial charge on any atom is 0.123 e. The Morgan fingerprint density at radius 3 is 3.05 bits per heavy atom. The smallest absolute Gasteiger partial charge is 0.123 e. The molecule has 2 N–H and O–H groups in total. The topological polar surface area (TPSA) is 50.1 Å². The number of halogens is 1. The third kappa shape index (κ3) is 3.05. The predicted octanol–water partition coefficient (Wildman–Crippen LogP) is 2.43. The van der Waals surface area contributed by atoms with E-state index in [1.54, 1.807) is 23.9 Å². The first kappa shape index (κ1) is 15.2. The molecule has 22 heavy (non-hydrogen) atoms. The first-order valence-corrected chi connectivity index (χ1v) is 7.69. The predicted molar refractivity (Wildman–Crippen MR) is 82.9 cm³/mol. The highest BCUT2D eigenvalue weighted by molar-refractivity contribution is 5.33. The first-order valence-electron chi connectivity index (χ1n) is 7.69. The van der Waals surface area contributed by atoms with Gasteiger partial charge in [-0.25, -0.2) is 4.39 Å². The molecule has 2 atom stereocenters. The van der Waals surface area contributed by atoms with Crippen LogP contribution in [0.1, 0.15) is 42.5 Å². The number of fused-ring (bicyclic) bond motifs is 1. The van der Waals surface area contributed by atoms with Crippen LogP contribution in [-0.2, 0) is 19.1 Å². The second-order valence-electron chi connectivity index (χ2n) is 6.35. The average molecular weight is 303 g/mol. The molecule has 0 amide bonds. The second-order valence-corrected chi connectivity index (χ2v) is 6.35. The minimum absolute atomic E-state index is 0.160. The summed E-state index contributed by atoms with van der Waals surface area (Å²) in [5.41, 5.74) is 2.03. The molecule has 1 aliphatic rings. The number of nitrogens with zero attached hydrogens (tertiary/aromatic N) is 2. The molecule has 0 saturated carbocycles. The minimum atomic E-state index is -0.980. The quantitative estimate of drug-likeness (QED) is 0.912. The van der Waals surface area contributed by atoms with E-state index in [0.717, 1.165) is 36.0 Å². The molecule has 0 fully saturated rings. The fourth-order valence-corrected chi connectivity index (χ4v) is 3.12. The van der Waals surface area contributed by atoms with E-state index in [2.05, 4.69) is 10.4 Å². The lowest BCUT2D eigenvalue weighted by atomic mass is 9.87. The van der Waals surface area contributed by atoms with Crippen LogP contribution in [-0.4, -0.2) is 21.4 Å². The Morgan fingerprint density at radius 2 is 2.32 bits per heavy atom. The Hall–Kier alpha value is -1.72. The highest BCUT2D eigenvalue weighted by atomic mass is 19.1. The number of hydrogen-bond donors (Lipinski definition) is 2. The lowest BCUT2D eigenvalue weighted by Crippen LogP contribution is -2.38. The molecule has 1 aromatic carbocycles. The summed E-state index contributed by atoms with van der Waals surface area (Å²) in [4.78, 5) is 0. The molecule has 0 spiro atoms. The van der Waals surface area contributed by atoms with Gasteiger partial charge in [-0.2, -0.15) is 5.10 Å². The molecule has 3 rings (SSSR count). The van der Waals surface area contributed by atoms with Gasteiger partial charge in [-0.05, 0) is 49.4 Å². The molecular formula is C17H22FN3O. The van der Waals surface area contributed by atoms with E-state index in [-0.39, 0.29) is 11.9 Å². The van der Waals surface area contributed by atoms with Crippen molar-refractivity contribution in [1.29, 1.82) is 0 Å². The molecule has 1 aromatic heterocycles. The van der Waals surface area contributed by atoms with Crippen molar-refractivity contribution in [1.82, 2.24) is 15.1 Å². The molecule has 0 radical (unpaired) electrons. The molecule has 5 heteroatoms. The van der Waals surface area contributed by atoms with Crippen molar-refractivity contribution in [2.45, 2.75) is 37.8 Å². The van der Waals surface area contributed by atoms with Gasteiger partial charge in [-0.1, -0.05) is 6.07 Å². The zero-order valence-corrected chi connectivity index (χ0v) is 13.0. The third-order valence-electron chi connectivity index (χ3n) is 4.44. The summed E-state index contributed by atoms with van der Waals surface area (Å²) < 4.78 is 15.0. The molecule has 0 saturated heterocycles. The van der Waals surface area contributed by atoms with Crippen LogP contribution in [0.2, 0.25) is 0 Å². The van der Waals surface area contributed by atoms with Crippen LogP contribution in [0.5, 0.6) is 0 Å². The maximum absolute atomic E-state index is 13.4. The van der Waals surface area contributed by atoms with Gasteiger partial charge < -0.3 is 10.4 Å². The number of aliphatic hydroxyl groups is 1. The molecule has 0 unspecified atom stereocenters. The largest absolute Gasteiger partial charge is 0.384 e. The molecule has 118 valence electrons. The Labute approximate surface area is 130 Å². The lowest BCUT2D eigenvalue weighted by molar-refractivity contribution is 0.0530. The summed E-state index contributed by atoms with van der Waals surface area (Å²) >= 11 is 0. The van der Waals surface area contributed by atoms with Crippen LogP contribution in [0.15, 0.2) is 30.6 Å². The van der Waals surface area contributed by atoms with E-state index < -0.39 is 5.60 Å². The maximum atomic E-state index is 13.4. The third-order valence-corrected chi connectivity index (χ3v) is 4.44. The van der Waals surface area contributed by atoms with Gasteiger partial charge in [0.2, 0.25) is 0 Å². The van der Waals surface area contributed by atoms with E-state index in [1.165, 1.54) is 6.07 Å². The molecule has 2 aromatic rings. The van der Waals surface area contributed by atoms with Crippen LogP contribution in [0.4, 0.5) is 4.39 Å². The van der Waals surface area contributed by atoms with Gasteiger partial charge >= 0.3 is 0 Å². The van der Waals surface area contributed by atoms with Gasteiger partial charge in [-0.3, -0.25) is 4.68 Å². The Kier molecular flexibility index (Phi) is 4.02. The Morgan fingerprint density at radius 1 is 1.50 bits per heavy atom. The fourth-order valence-electron chi connectivity index (χ4n) is 3.12. The minimum Gasteiger partial charge on any atom is -0.384 e. The lowest BCUT2D eigenvalue weighted by Gasteiger charge is -2.30. The van der Waals surface area contributed by atoms with Crippen LogP contribution in [0.25, 0.3) is 0 Å². The molecule has 4 nitrogen and oxygen atoms in total. The van der Waals surface area contributed by atoms with Gasteiger partial charge in [0.25, 0.3) is 0 Å². The molecule has 1 aliphatic carbocycles. The normalized spacial score (nSPS) is 20.5. The van der Waals surface area contributed by atoms with Crippen molar-refractivity contribution < 1.29 is 9.50 Å². The Balaban J connectivity index is 1.72. The van der Waals surface area contributed by atoms with Gasteiger partial charge in [0.15, 0.2) is 0 Å². The highest BCUT2D eigenvalue weighted by Crippen LogP contribution is 2.31. The number of benzene rings is 1. The number of hydrogen-bond acceptors (Lipinski definition) is 3. The van der Waals surface area contributed by atoms with Crippen molar-refractivity contribution in [3.63, 3.8) is 0 Å². The van der Waals surface area contributed by atoms with Crippen molar-refractivity contribution in [3.8, 4) is 0 Å². The van der Waals surface area contributed by atoms with Crippen molar-refractivity contribution in [2.75, 3.05) is 6.54 Å². The zero-order chi connectivity index (χ0) is 15.7. The number of aryl methyl sites for hydroxylation is 2. The first-order chi connectivity index (χ1) is 10.5. The van der Waals surface area contributed by atoms with E-state index in [0.29, 0.717) is 6.54 Å². The molecule has 1 heterocycles. The number of rotatable bonds is 4. The summed E-state index contributed by atoms with van der Waals surface area (Å²) in [6.07, 6.45) is 6.47. The SMILES string of the molecule is Cn1cc([C@@](C)(O)CN[C@@H]2CCCc3cc(F)ccc32)cn1. The summed E-state index contributed by atoms with van der Waals surface area (Å²) in [6.45, 7) is 2.21. The van der Waals surface area contributed by atoms with E-state index in [4.69, 9.17) is 0 Å². The standard InChI is InChI=1S/C17H22FN3O/c1-17(22,13-9-20-21(2)10-13)11-19-16-5-3-4-12-8-14(18)6-7-15(12)16/h6-10,16,19,22H,3-5,11H2,1-2H3/t16-,17+/m1/s1. The zero-order valence-electron chi connectivity index (χ0n) is 13.0. The molecule has 0 aliphatic heterocycles. The van der Waals surface area contributed by atoms with E-state index >= 15 is 0 Å². The molecule has 0 bridgehead atoms. The summed E-state index contributed by atoms with van der Waals surface area (Å²) in [5, 5.41) is 18.2. The highest BCUT2D eigenvalue weighted by Gasteiger charge is 2.27. The van der Waals surface area contributed by atoms with Gasteiger partial charge in [0.05, 0.1) is 6.20 Å². The fraction of sp³-hybridized carbons (Fsp3) is 0.471. The second kappa shape index (κ2) is 5.82. The summed E-state index contributed by atoms with van der Waals surface area (Å²) in [6, 6.07) is 5.16. The van der Waals surface area contributed by atoms with Crippen LogP contribution in [0, 0.1) is 5.82 Å². The van der Waals surface area contributed by atoms with Crippen LogP contribution in [0.3, 0.4) is 0 Å². The van der Waals surface area contributed by atoms with E-state index in [9.17, 15) is 9.50 Å².